The second-order valence-electron chi connectivity index (χ2n) is 13.0. The quantitative estimate of drug-likeness (QED) is 0.0399. The van der Waals surface area contributed by atoms with E-state index in [-0.39, 0.29) is 28.6 Å². The molecular weight excluding hydrogens is 809 g/mol. The van der Waals surface area contributed by atoms with Crippen LogP contribution < -0.4 is 10.6 Å². The van der Waals surface area contributed by atoms with E-state index >= 15 is 0 Å². The van der Waals surface area contributed by atoms with E-state index in [0.717, 1.165) is 22.3 Å². The van der Waals surface area contributed by atoms with Gasteiger partial charge in [-0.05, 0) is 38.3 Å². The number of anilines is 1. The number of nitrogens with zero attached hydrogens (tertiary/aromatic N) is 8. The van der Waals surface area contributed by atoms with Crippen molar-refractivity contribution in [3.8, 4) is 0 Å². The van der Waals surface area contributed by atoms with Crippen molar-refractivity contribution < 1.29 is 24.3 Å². The zero-order chi connectivity index (χ0) is 40.8. The van der Waals surface area contributed by atoms with Crippen LogP contribution in [0.2, 0.25) is 0 Å². The number of thiazole rings is 1. The van der Waals surface area contributed by atoms with E-state index < -0.39 is 34.7 Å². The molecule has 3 N–H and O–H groups in total. The van der Waals surface area contributed by atoms with Gasteiger partial charge in [-0.15, -0.1) is 27.9 Å². The molecule has 0 spiro atoms. The van der Waals surface area contributed by atoms with Gasteiger partial charge in [0.2, 0.25) is 5.16 Å². The minimum Gasteiger partial charge on any atom is -0.477 e. The molecular formula is C41H34N10O5S3. The molecule has 296 valence electrons. The van der Waals surface area contributed by atoms with Crippen LogP contribution in [0.3, 0.4) is 0 Å². The maximum absolute atomic E-state index is 13.9. The van der Waals surface area contributed by atoms with Crippen LogP contribution in [0, 0.1) is 0 Å². The second-order valence-corrected chi connectivity index (χ2v) is 16.0. The maximum Gasteiger partial charge on any atom is 0.352 e. The van der Waals surface area contributed by atoms with Crippen molar-refractivity contribution in [3.05, 3.63) is 166 Å². The summed E-state index contributed by atoms with van der Waals surface area (Å²) in [6, 6.07) is 38.5. The van der Waals surface area contributed by atoms with Crippen LogP contribution >= 0.6 is 34.9 Å². The largest absolute Gasteiger partial charge is 0.477 e. The van der Waals surface area contributed by atoms with Gasteiger partial charge in [0.15, 0.2) is 10.8 Å². The number of aliphatic carboxylic acids is 1. The smallest absolute Gasteiger partial charge is 0.352 e. The van der Waals surface area contributed by atoms with Crippen LogP contribution in [0.25, 0.3) is 0 Å². The van der Waals surface area contributed by atoms with E-state index in [1.165, 1.54) is 51.7 Å². The highest BCUT2D eigenvalue weighted by Gasteiger charge is 2.54. The molecule has 4 aromatic carbocycles. The minimum absolute atomic E-state index is 0.136. The fourth-order valence-corrected chi connectivity index (χ4v) is 9.89. The van der Waals surface area contributed by atoms with E-state index in [0.29, 0.717) is 15.9 Å². The summed E-state index contributed by atoms with van der Waals surface area (Å²) in [7, 11) is 1.31. The van der Waals surface area contributed by atoms with Crippen LogP contribution in [-0.4, -0.2) is 95.0 Å². The SMILES string of the molecule is CO/N=C(\C(=O)N[C@@H]1C(=O)N2C(C(=O)O)=C(CSc3nnnn3N=Cc3ccccc3)CS[C@H]12)c1csc(NC(c2ccccc2)(c2ccccc2)c2ccccc2)n1. The van der Waals surface area contributed by atoms with Gasteiger partial charge in [-0.1, -0.05) is 143 Å². The number of carbonyl (C=O) groups is 3. The Morgan fingerprint density at radius 1 is 0.949 bits per heavy atom. The zero-order valence-electron chi connectivity index (χ0n) is 31.2. The summed E-state index contributed by atoms with van der Waals surface area (Å²) in [5, 5.41) is 38.6. The number of hydrogen-bond donors (Lipinski definition) is 3. The number of carbonyl (C=O) groups excluding carboxylic acids is 2. The van der Waals surface area contributed by atoms with Gasteiger partial charge >= 0.3 is 5.97 Å². The van der Waals surface area contributed by atoms with Crippen LogP contribution in [0.15, 0.2) is 153 Å². The van der Waals surface area contributed by atoms with Crippen molar-refractivity contribution >= 4 is 69.7 Å². The molecule has 0 aliphatic carbocycles. The van der Waals surface area contributed by atoms with E-state index in [1.54, 1.807) is 11.6 Å². The number of hydrogen-bond acceptors (Lipinski definition) is 14. The van der Waals surface area contributed by atoms with E-state index in [4.69, 9.17) is 9.82 Å². The highest BCUT2D eigenvalue weighted by atomic mass is 32.2. The first kappa shape index (κ1) is 39.2. The molecule has 2 aromatic heterocycles. The molecule has 0 saturated carbocycles. The number of carboxylic acids is 1. The summed E-state index contributed by atoms with van der Waals surface area (Å²) in [4.78, 5) is 52.5. The third kappa shape index (κ3) is 7.97. The van der Waals surface area contributed by atoms with Crippen molar-refractivity contribution in [1.82, 2.24) is 35.5 Å². The molecule has 6 aromatic rings. The molecule has 0 radical (unpaired) electrons. The number of thioether (sulfide) groups is 2. The van der Waals surface area contributed by atoms with Gasteiger partial charge in [0.1, 0.15) is 35.5 Å². The Morgan fingerprint density at radius 3 is 2.15 bits per heavy atom. The first-order valence-electron chi connectivity index (χ1n) is 18.1. The molecule has 1 saturated heterocycles. The molecule has 2 aliphatic heterocycles. The molecule has 1 fully saturated rings. The summed E-state index contributed by atoms with van der Waals surface area (Å²) in [5.41, 5.74) is 3.35. The molecule has 0 unspecified atom stereocenters. The predicted octanol–water partition coefficient (Wildman–Crippen LogP) is 5.30. The molecule has 2 amide bonds. The van der Waals surface area contributed by atoms with Crippen molar-refractivity contribution in [2.45, 2.75) is 22.1 Å². The van der Waals surface area contributed by atoms with Crippen LogP contribution in [-0.2, 0) is 24.8 Å². The number of aromatic nitrogens is 5. The molecule has 18 heteroatoms. The van der Waals surface area contributed by atoms with Gasteiger partial charge in [-0.2, -0.15) is 5.10 Å². The van der Waals surface area contributed by atoms with Gasteiger partial charge in [0.25, 0.3) is 11.8 Å². The zero-order valence-corrected chi connectivity index (χ0v) is 33.6. The number of fused-ring (bicyclic) bond motifs is 1. The predicted molar refractivity (Wildman–Crippen MR) is 226 cm³/mol. The number of oxime groups is 1. The highest BCUT2D eigenvalue weighted by molar-refractivity contribution is 8.01. The molecule has 4 heterocycles. The molecule has 2 atom stereocenters. The monoisotopic (exact) mass is 842 g/mol. The van der Waals surface area contributed by atoms with Crippen LogP contribution in [0.4, 0.5) is 5.13 Å². The van der Waals surface area contributed by atoms with E-state index in [1.807, 2.05) is 84.9 Å². The molecule has 15 nitrogen and oxygen atoms in total. The van der Waals surface area contributed by atoms with Crippen molar-refractivity contribution in [3.63, 3.8) is 0 Å². The maximum atomic E-state index is 13.9. The summed E-state index contributed by atoms with van der Waals surface area (Å²) in [6.45, 7) is 0. The Labute approximate surface area is 350 Å². The van der Waals surface area contributed by atoms with Gasteiger partial charge in [-0.25, -0.2) is 9.78 Å². The minimum atomic E-state index is -1.26. The van der Waals surface area contributed by atoms with Crippen LogP contribution in [0.5, 0.6) is 0 Å². The normalized spacial score (nSPS) is 16.7. The van der Waals surface area contributed by atoms with Crippen LogP contribution in [0.1, 0.15) is 27.9 Å². The number of benzene rings is 4. The fourth-order valence-electron chi connectivity index (χ4n) is 6.83. The van der Waals surface area contributed by atoms with Crippen molar-refractivity contribution in [1.29, 1.82) is 0 Å². The fraction of sp³-hybridized carbons (Fsp3) is 0.146. The summed E-state index contributed by atoms with van der Waals surface area (Å²) in [6.07, 6.45) is 1.61. The molecule has 8 rings (SSSR count). The lowest BCUT2D eigenvalue weighted by Crippen LogP contribution is -2.71. The van der Waals surface area contributed by atoms with Gasteiger partial charge in [0, 0.05) is 16.9 Å². The Kier molecular flexibility index (Phi) is 11.6. The molecule has 2 aliphatic rings. The van der Waals surface area contributed by atoms with Gasteiger partial charge in [0.05, 0.1) is 6.21 Å². The number of rotatable bonds is 15. The summed E-state index contributed by atoms with van der Waals surface area (Å²) in [5.74, 6) is -2.05. The van der Waals surface area contributed by atoms with Gasteiger partial charge in [-0.3, -0.25) is 14.5 Å². The number of nitrogens with one attached hydrogen (secondary N) is 2. The number of β-lactam (4-membered cyclic amide) rings is 1. The lowest BCUT2D eigenvalue weighted by atomic mass is 9.77. The lowest BCUT2D eigenvalue weighted by Gasteiger charge is -2.49. The molecule has 59 heavy (non-hydrogen) atoms. The van der Waals surface area contributed by atoms with Crippen molar-refractivity contribution in [2.24, 2.45) is 10.3 Å². The summed E-state index contributed by atoms with van der Waals surface area (Å²) >= 11 is 3.82. The Hall–Kier alpha value is -6.63. The van der Waals surface area contributed by atoms with Crippen molar-refractivity contribution in [2.75, 3.05) is 23.9 Å². The van der Waals surface area contributed by atoms with E-state index in [9.17, 15) is 19.5 Å². The number of carboxylic acid groups (broad SMARTS) is 1. The Morgan fingerprint density at radius 2 is 1.56 bits per heavy atom. The standard InChI is InChI=1S/C41H34N10O5S3/c1-56-47-32(31-25-58-39(43-31)45-41(28-16-8-3-9-17-28,29-18-10-4-11-19-29)30-20-12-5-13-21-30)35(52)44-33-36(53)50-34(38(54)55)27(23-57-37(33)50)24-59-40-46-48-49-51(40)42-22-26-14-6-2-7-15-26/h2-22,25,33,37H,23-24H2,1H3,(H,43,45)(H,44,52)(H,54,55)/b42-22?,47-32-/t33-,37-/m1/s1. The average Bonchev–Trinajstić information content (AvgIpc) is 3.95. The topological polar surface area (TPSA) is 189 Å². The Bertz CT molecular complexity index is 2450. The lowest BCUT2D eigenvalue weighted by molar-refractivity contribution is -0.150. The van der Waals surface area contributed by atoms with Gasteiger partial charge < -0.3 is 20.6 Å². The molecule has 0 bridgehead atoms. The third-order valence-corrected chi connectivity index (χ3v) is 12.6. The summed E-state index contributed by atoms with van der Waals surface area (Å²) < 4.78 is 0. The Balaban J connectivity index is 0.992. The second kappa shape index (κ2) is 17.5. The number of tetrazole rings is 1. The number of amides is 2. The first-order valence-corrected chi connectivity index (χ1v) is 21.0. The third-order valence-electron chi connectivity index (χ3n) is 9.51. The highest BCUT2D eigenvalue weighted by Crippen LogP contribution is 2.43. The van der Waals surface area contributed by atoms with E-state index in [2.05, 4.69) is 72.8 Å². The first-order chi connectivity index (χ1) is 28.9. The average molecular weight is 843 g/mol.